The van der Waals surface area contributed by atoms with E-state index in [9.17, 15) is 4.79 Å². The van der Waals surface area contributed by atoms with Crippen LogP contribution >= 0.6 is 23.6 Å². The Hall–Kier alpha value is -1.76. The van der Waals surface area contributed by atoms with Crippen molar-refractivity contribution in [2.24, 2.45) is 0 Å². The van der Waals surface area contributed by atoms with Crippen LogP contribution in [-0.4, -0.2) is 15.2 Å². The first-order valence-electron chi connectivity index (χ1n) is 8.46. The van der Waals surface area contributed by atoms with Crippen LogP contribution in [0, 0.1) is 4.77 Å². The maximum atomic E-state index is 13.1. The Bertz CT molecular complexity index is 1050. The first kappa shape index (κ1) is 16.7. The van der Waals surface area contributed by atoms with Crippen molar-refractivity contribution in [3.63, 3.8) is 0 Å². The third-order valence-electron chi connectivity index (χ3n) is 5.03. The zero-order chi connectivity index (χ0) is 17.6. The van der Waals surface area contributed by atoms with Crippen molar-refractivity contribution in [1.29, 1.82) is 0 Å². The zero-order valence-corrected chi connectivity index (χ0v) is 15.9. The monoisotopic (exact) mass is 372 g/mol. The number of benzene rings is 1. The molecule has 130 valence electrons. The first-order chi connectivity index (χ1) is 12.0. The van der Waals surface area contributed by atoms with E-state index in [0.717, 1.165) is 27.3 Å². The van der Waals surface area contributed by atoms with Crippen molar-refractivity contribution in [3.8, 4) is 0 Å². The van der Waals surface area contributed by atoms with E-state index in [1.807, 2.05) is 22.8 Å². The van der Waals surface area contributed by atoms with Crippen molar-refractivity contribution in [2.75, 3.05) is 0 Å². The molecule has 1 unspecified atom stereocenters. The number of aromatic nitrogens is 2. The van der Waals surface area contributed by atoms with E-state index < -0.39 is 0 Å². The molecule has 3 heterocycles. The molecule has 0 aliphatic carbocycles. The number of hydrogen-bond donors (Lipinski definition) is 1. The fraction of sp³-hybridized carbons (Fsp3) is 0.368. The van der Waals surface area contributed by atoms with Gasteiger partial charge in [-0.05, 0) is 31.1 Å². The summed E-state index contributed by atoms with van der Waals surface area (Å²) >= 11 is 7.12. The van der Waals surface area contributed by atoms with Crippen LogP contribution in [-0.2, 0) is 24.3 Å². The van der Waals surface area contributed by atoms with Gasteiger partial charge < -0.3 is 14.3 Å². The molecule has 4 rings (SSSR count). The maximum Gasteiger partial charge on any atom is 0.209 e. The second-order valence-electron chi connectivity index (χ2n) is 6.78. The van der Waals surface area contributed by atoms with Gasteiger partial charge in [-0.1, -0.05) is 37.3 Å². The Morgan fingerprint density at radius 2 is 2.12 bits per heavy atom. The molecule has 0 amide bonds. The van der Waals surface area contributed by atoms with Gasteiger partial charge >= 0.3 is 0 Å². The minimum Gasteiger partial charge on any atom is -0.369 e. The standard InChI is InChI=1S/C19H20N2O2S2/c1-3-19(2)9-13-14(11-23-19)25-17-15(16(13)22)20-18(24)21(17)10-12-7-5-4-6-8-12/h4-8H,3,9-11H2,1-2H3,(H,20,24). The number of fused-ring (bicyclic) bond motifs is 2. The van der Waals surface area contributed by atoms with Gasteiger partial charge in [-0.3, -0.25) is 4.79 Å². The molecule has 0 spiro atoms. The van der Waals surface area contributed by atoms with E-state index in [0.29, 0.717) is 29.9 Å². The highest BCUT2D eigenvalue weighted by atomic mass is 32.1. The summed E-state index contributed by atoms with van der Waals surface area (Å²) in [4.78, 5) is 18.1. The number of ether oxygens (including phenoxy) is 1. The normalized spacial score (nSPS) is 19.9. The topological polar surface area (TPSA) is 47.0 Å². The predicted molar refractivity (Wildman–Crippen MR) is 104 cm³/mol. The molecule has 2 aromatic heterocycles. The van der Waals surface area contributed by atoms with E-state index in [1.54, 1.807) is 11.3 Å². The Kier molecular flexibility index (Phi) is 4.14. The summed E-state index contributed by atoms with van der Waals surface area (Å²) < 4.78 is 8.64. The molecule has 0 radical (unpaired) electrons. The van der Waals surface area contributed by atoms with Crippen molar-refractivity contribution in [2.45, 2.75) is 45.4 Å². The molecular formula is C19H20N2O2S2. The lowest BCUT2D eigenvalue weighted by Crippen LogP contribution is -2.37. The number of rotatable bonds is 3. The first-order valence-corrected chi connectivity index (χ1v) is 9.68. The lowest BCUT2D eigenvalue weighted by atomic mass is 9.91. The molecule has 1 aromatic carbocycles. The van der Waals surface area contributed by atoms with Crippen LogP contribution < -0.4 is 5.43 Å². The number of hydrogen-bond acceptors (Lipinski definition) is 4. The second kappa shape index (κ2) is 6.20. The highest BCUT2D eigenvalue weighted by Crippen LogP contribution is 2.33. The quantitative estimate of drug-likeness (QED) is 0.693. The summed E-state index contributed by atoms with van der Waals surface area (Å²) in [7, 11) is 0. The summed E-state index contributed by atoms with van der Waals surface area (Å²) in [5, 5.41) is 0. The van der Waals surface area contributed by atoms with Crippen LogP contribution in [0.4, 0.5) is 0 Å². The Morgan fingerprint density at radius 3 is 2.84 bits per heavy atom. The summed E-state index contributed by atoms with van der Waals surface area (Å²) in [5.74, 6) is 0. The summed E-state index contributed by atoms with van der Waals surface area (Å²) in [6.45, 7) is 5.33. The Balaban J connectivity index is 1.86. The number of nitrogens with one attached hydrogen (secondary N) is 1. The van der Waals surface area contributed by atoms with E-state index in [-0.39, 0.29) is 11.0 Å². The highest BCUT2D eigenvalue weighted by molar-refractivity contribution is 7.71. The van der Waals surface area contributed by atoms with Crippen LogP contribution in [0.1, 0.15) is 36.3 Å². The minimum absolute atomic E-state index is 0.0737. The molecule has 0 saturated carbocycles. The van der Waals surface area contributed by atoms with Gasteiger partial charge in [-0.15, -0.1) is 11.3 Å². The molecule has 3 aromatic rings. The van der Waals surface area contributed by atoms with Gasteiger partial charge in [-0.25, -0.2) is 0 Å². The van der Waals surface area contributed by atoms with Crippen molar-refractivity contribution in [3.05, 3.63) is 61.3 Å². The molecule has 1 N–H and O–H groups in total. The zero-order valence-electron chi connectivity index (χ0n) is 14.3. The molecule has 1 aliphatic heterocycles. The molecule has 0 fully saturated rings. The third-order valence-corrected chi connectivity index (χ3v) is 6.58. The summed E-state index contributed by atoms with van der Waals surface area (Å²) in [6.07, 6.45) is 1.55. The van der Waals surface area contributed by atoms with Gasteiger partial charge in [0, 0.05) is 16.9 Å². The lowest BCUT2D eigenvalue weighted by Gasteiger charge is -2.33. The van der Waals surface area contributed by atoms with Gasteiger partial charge in [0.05, 0.1) is 18.8 Å². The molecule has 6 heteroatoms. The molecule has 1 aliphatic rings. The van der Waals surface area contributed by atoms with Crippen LogP contribution in [0.3, 0.4) is 0 Å². The fourth-order valence-electron chi connectivity index (χ4n) is 3.27. The van der Waals surface area contributed by atoms with Gasteiger partial charge in [0.15, 0.2) is 4.77 Å². The van der Waals surface area contributed by atoms with Gasteiger partial charge in [0.1, 0.15) is 10.3 Å². The number of H-pyrrole nitrogens is 1. The molecular weight excluding hydrogens is 352 g/mol. The fourth-order valence-corrected chi connectivity index (χ4v) is 4.73. The number of nitrogens with zero attached hydrogens (tertiary/aromatic N) is 1. The van der Waals surface area contributed by atoms with E-state index >= 15 is 0 Å². The third kappa shape index (κ3) is 2.88. The van der Waals surface area contributed by atoms with Gasteiger partial charge in [0.25, 0.3) is 0 Å². The van der Waals surface area contributed by atoms with Gasteiger partial charge in [0.2, 0.25) is 5.43 Å². The molecule has 1 atom stereocenters. The van der Waals surface area contributed by atoms with Gasteiger partial charge in [-0.2, -0.15) is 0 Å². The van der Waals surface area contributed by atoms with E-state index in [2.05, 4.69) is 31.0 Å². The largest absolute Gasteiger partial charge is 0.369 e. The van der Waals surface area contributed by atoms with Crippen molar-refractivity contribution < 1.29 is 4.74 Å². The number of aromatic amines is 1. The average Bonchev–Trinajstić information content (AvgIpc) is 2.93. The Labute approximate surface area is 155 Å². The van der Waals surface area contributed by atoms with E-state index in [4.69, 9.17) is 17.0 Å². The smallest absolute Gasteiger partial charge is 0.209 e. The second-order valence-corrected chi connectivity index (χ2v) is 8.25. The molecule has 0 saturated heterocycles. The molecule has 0 bridgehead atoms. The molecule has 4 nitrogen and oxygen atoms in total. The highest BCUT2D eigenvalue weighted by Gasteiger charge is 2.32. The minimum atomic E-state index is -0.254. The van der Waals surface area contributed by atoms with Crippen LogP contribution in [0.15, 0.2) is 35.1 Å². The van der Waals surface area contributed by atoms with Crippen molar-refractivity contribution in [1.82, 2.24) is 9.55 Å². The van der Waals surface area contributed by atoms with Crippen LogP contribution in [0.25, 0.3) is 10.3 Å². The van der Waals surface area contributed by atoms with E-state index in [1.165, 1.54) is 0 Å². The molecule has 25 heavy (non-hydrogen) atoms. The SMILES string of the molecule is CCC1(C)Cc2c(sc3c([nH]c(=S)n3Cc3ccccc3)c2=O)CO1. The maximum absolute atomic E-state index is 13.1. The number of imidazole rings is 1. The summed E-state index contributed by atoms with van der Waals surface area (Å²) in [6, 6.07) is 10.2. The lowest BCUT2D eigenvalue weighted by molar-refractivity contribution is -0.0550. The van der Waals surface area contributed by atoms with Crippen molar-refractivity contribution >= 4 is 33.9 Å². The van der Waals surface area contributed by atoms with Crippen LogP contribution in [0.2, 0.25) is 0 Å². The predicted octanol–water partition coefficient (Wildman–Crippen LogP) is 4.41. The Morgan fingerprint density at radius 1 is 1.36 bits per heavy atom. The van der Waals surface area contributed by atoms with Crippen LogP contribution in [0.5, 0.6) is 0 Å². The summed E-state index contributed by atoms with van der Waals surface area (Å²) in [5.41, 5.74) is 2.49. The average molecular weight is 373 g/mol.